The van der Waals surface area contributed by atoms with E-state index in [1.54, 1.807) is 0 Å². The number of aryl methyl sites for hydroxylation is 1. The van der Waals surface area contributed by atoms with Gasteiger partial charge in [-0.15, -0.1) is 0 Å². The Kier molecular flexibility index (Phi) is 6.08. The maximum Gasteiger partial charge on any atom is 0.158 e. The minimum Gasteiger partial charge on any atom is -0.368 e. The van der Waals surface area contributed by atoms with Gasteiger partial charge in [0.15, 0.2) is 5.82 Å². The number of rotatable bonds is 6. The quantitative estimate of drug-likeness (QED) is 0.871. The van der Waals surface area contributed by atoms with E-state index in [0.29, 0.717) is 6.04 Å². The summed E-state index contributed by atoms with van der Waals surface area (Å²) < 4.78 is 5.83. The second-order valence-electron chi connectivity index (χ2n) is 5.70. The van der Waals surface area contributed by atoms with Crippen molar-refractivity contribution in [2.45, 2.75) is 46.3 Å². The molecule has 1 aromatic rings. The summed E-state index contributed by atoms with van der Waals surface area (Å²) in [7, 11) is 0. The Morgan fingerprint density at radius 3 is 2.95 bits per heavy atom. The van der Waals surface area contributed by atoms with Crippen LogP contribution in [0.15, 0.2) is 6.20 Å². The summed E-state index contributed by atoms with van der Waals surface area (Å²) in [5, 5.41) is 3.49. The lowest BCUT2D eigenvalue weighted by molar-refractivity contribution is -0.0326. The third-order valence-corrected chi connectivity index (χ3v) is 4.09. The molecule has 1 fully saturated rings. The molecule has 2 heterocycles. The molecular formula is C16H28N4O. The highest BCUT2D eigenvalue weighted by molar-refractivity contribution is 5.20. The largest absolute Gasteiger partial charge is 0.368 e. The standard InChI is InChI=1S/C16H28N4O/c1-5-7-17-12(3)14-10-18-16(19-13(14)4)15-11-20(6-2)8-9-21-15/h10,12,15,17H,5-9,11H2,1-4H3. The molecule has 0 aromatic carbocycles. The van der Waals surface area contributed by atoms with E-state index in [-0.39, 0.29) is 6.10 Å². The monoisotopic (exact) mass is 292 g/mol. The predicted octanol–water partition coefficient (Wildman–Crippen LogP) is 2.24. The zero-order chi connectivity index (χ0) is 15.2. The molecule has 1 aromatic heterocycles. The predicted molar refractivity (Wildman–Crippen MR) is 84.3 cm³/mol. The molecule has 5 heteroatoms. The average molecular weight is 292 g/mol. The molecule has 2 rings (SSSR count). The first kappa shape index (κ1) is 16.3. The molecule has 1 saturated heterocycles. The molecule has 1 N–H and O–H groups in total. The van der Waals surface area contributed by atoms with Crippen LogP contribution in [0.1, 0.15) is 56.4 Å². The summed E-state index contributed by atoms with van der Waals surface area (Å²) >= 11 is 0. The normalized spacial score (nSPS) is 21.4. The number of ether oxygens (including phenoxy) is 1. The topological polar surface area (TPSA) is 50.3 Å². The van der Waals surface area contributed by atoms with Crippen LogP contribution in [0.25, 0.3) is 0 Å². The molecule has 0 spiro atoms. The molecule has 0 radical (unpaired) electrons. The third kappa shape index (κ3) is 4.22. The number of morpholine rings is 1. The van der Waals surface area contributed by atoms with Gasteiger partial charge in [0.05, 0.1) is 6.61 Å². The van der Waals surface area contributed by atoms with E-state index < -0.39 is 0 Å². The van der Waals surface area contributed by atoms with Crippen molar-refractivity contribution in [3.63, 3.8) is 0 Å². The van der Waals surface area contributed by atoms with E-state index >= 15 is 0 Å². The Labute approximate surface area is 128 Å². The minimum atomic E-state index is 0.00496. The van der Waals surface area contributed by atoms with Crippen molar-refractivity contribution in [2.24, 2.45) is 0 Å². The molecule has 5 nitrogen and oxygen atoms in total. The second-order valence-corrected chi connectivity index (χ2v) is 5.70. The van der Waals surface area contributed by atoms with Gasteiger partial charge < -0.3 is 10.1 Å². The molecule has 2 atom stereocenters. The fourth-order valence-corrected chi connectivity index (χ4v) is 2.69. The lowest BCUT2D eigenvalue weighted by Crippen LogP contribution is -2.38. The van der Waals surface area contributed by atoms with E-state index in [2.05, 4.69) is 42.9 Å². The van der Waals surface area contributed by atoms with Crippen LogP contribution in [-0.4, -0.2) is 47.7 Å². The fraction of sp³-hybridized carbons (Fsp3) is 0.750. The van der Waals surface area contributed by atoms with Crippen molar-refractivity contribution < 1.29 is 4.74 Å². The summed E-state index contributed by atoms with van der Waals surface area (Å²) in [5.74, 6) is 0.817. The highest BCUT2D eigenvalue weighted by Crippen LogP contribution is 2.21. The van der Waals surface area contributed by atoms with Gasteiger partial charge in [0.25, 0.3) is 0 Å². The number of nitrogens with zero attached hydrogens (tertiary/aromatic N) is 3. The van der Waals surface area contributed by atoms with Crippen LogP contribution in [0.3, 0.4) is 0 Å². The molecule has 2 unspecified atom stereocenters. The van der Waals surface area contributed by atoms with Crippen molar-refractivity contribution in [2.75, 3.05) is 32.8 Å². The third-order valence-electron chi connectivity index (χ3n) is 4.09. The summed E-state index contributed by atoms with van der Waals surface area (Å²) in [6, 6.07) is 0.290. The number of likely N-dealkylation sites (N-methyl/N-ethyl adjacent to an activating group) is 1. The number of hydrogen-bond acceptors (Lipinski definition) is 5. The van der Waals surface area contributed by atoms with Gasteiger partial charge in [-0.2, -0.15) is 0 Å². The van der Waals surface area contributed by atoms with Crippen LogP contribution in [0.5, 0.6) is 0 Å². The average Bonchev–Trinajstić information content (AvgIpc) is 2.52. The highest BCUT2D eigenvalue weighted by Gasteiger charge is 2.24. The van der Waals surface area contributed by atoms with E-state index in [0.717, 1.165) is 50.7 Å². The number of nitrogens with one attached hydrogen (secondary N) is 1. The molecule has 21 heavy (non-hydrogen) atoms. The van der Waals surface area contributed by atoms with E-state index in [1.807, 2.05) is 6.20 Å². The highest BCUT2D eigenvalue weighted by atomic mass is 16.5. The first-order valence-corrected chi connectivity index (χ1v) is 8.06. The van der Waals surface area contributed by atoms with Crippen molar-refractivity contribution in [1.29, 1.82) is 0 Å². The Balaban J connectivity index is 2.07. The summed E-state index contributed by atoms with van der Waals surface area (Å²) in [6.45, 7) is 13.3. The smallest absolute Gasteiger partial charge is 0.158 e. The van der Waals surface area contributed by atoms with Crippen molar-refractivity contribution in [3.05, 3.63) is 23.3 Å². The molecule has 1 aliphatic heterocycles. The Bertz CT molecular complexity index is 452. The maximum absolute atomic E-state index is 5.83. The summed E-state index contributed by atoms with van der Waals surface area (Å²) in [4.78, 5) is 11.6. The van der Waals surface area contributed by atoms with Crippen LogP contribution in [0, 0.1) is 6.92 Å². The molecule has 0 aliphatic carbocycles. The van der Waals surface area contributed by atoms with E-state index in [4.69, 9.17) is 9.72 Å². The van der Waals surface area contributed by atoms with E-state index in [1.165, 1.54) is 5.56 Å². The summed E-state index contributed by atoms with van der Waals surface area (Å²) in [6.07, 6.45) is 3.09. The Hall–Kier alpha value is -1.04. The van der Waals surface area contributed by atoms with Gasteiger partial charge in [0.2, 0.25) is 0 Å². The SMILES string of the molecule is CCCNC(C)c1cnc(C2CN(CC)CCO2)nc1C. The maximum atomic E-state index is 5.83. The van der Waals surface area contributed by atoms with Gasteiger partial charge >= 0.3 is 0 Å². The van der Waals surface area contributed by atoms with Gasteiger partial charge in [-0.1, -0.05) is 13.8 Å². The van der Waals surface area contributed by atoms with Crippen LogP contribution in [0.2, 0.25) is 0 Å². The zero-order valence-corrected chi connectivity index (χ0v) is 13.7. The van der Waals surface area contributed by atoms with Crippen LogP contribution < -0.4 is 5.32 Å². The first-order valence-electron chi connectivity index (χ1n) is 8.06. The van der Waals surface area contributed by atoms with Crippen LogP contribution >= 0.6 is 0 Å². The van der Waals surface area contributed by atoms with Gasteiger partial charge in [-0.05, 0) is 33.4 Å². The van der Waals surface area contributed by atoms with Gasteiger partial charge in [0.1, 0.15) is 6.10 Å². The molecule has 0 bridgehead atoms. The lowest BCUT2D eigenvalue weighted by atomic mass is 10.1. The van der Waals surface area contributed by atoms with Gasteiger partial charge in [-0.3, -0.25) is 4.90 Å². The lowest BCUT2D eigenvalue weighted by Gasteiger charge is -2.31. The number of aromatic nitrogens is 2. The van der Waals surface area contributed by atoms with Crippen molar-refractivity contribution in [3.8, 4) is 0 Å². The van der Waals surface area contributed by atoms with Crippen LogP contribution in [-0.2, 0) is 4.74 Å². The van der Waals surface area contributed by atoms with Crippen LogP contribution in [0.4, 0.5) is 0 Å². The second kappa shape index (κ2) is 7.82. The van der Waals surface area contributed by atoms with Crippen molar-refractivity contribution >= 4 is 0 Å². The van der Waals surface area contributed by atoms with Gasteiger partial charge in [-0.25, -0.2) is 9.97 Å². The van der Waals surface area contributed by atoms with E-state index in [9.17, 15) is 0 Å². The molecule has 0 amide bonds. The number of hydrogen-bond donors (Lipinski definition) is 1. The first-order chi connectivity index (χ1) is 10.2. The molecule has 1 aliphatic rings. The molecular weight excluding hydrogens is 264 g/mol. The Morgan fingerprint density at radius 2 is 2.29 bits per heavy atom. The zero-order valence-electron chi connectivity index (χ0n) is 13.7. The summed E-state index contributed by atoms with van der Waals surface area (Å²) in [5.41, 5.74) is 2.23. The molecule has 118 valence electrons. The fourth-order valence-electron chi connectivity index (χ4n) is 2.69. The van der Waals surface area contributed by atoms with Crippen molar-refractivity contribution in [1.82, 2.24) is 20.2 Å². The Morgan fingerprint density at radius 1 is 1.48 bits per heavy atom. The minimum absolute atomic E-state index is 0.00496. The van der Waals surface area contributed by atoms with Gasteiger partial charge in [0, 0.05) is 36.6 Å². The molecule has 0 saturated carbocycles.